The summed E-state index contributed by atoms with van der Waals surface area (Å²) in [6.45, 7) is 0. The van der Waals surface area contributed by atoms with Crippen LogP contribution in [0.25, 0.3) is 22.1 Å². The summed E-state index contributed by atoms with van der Waals surface area (Å²) in [5.74, 6) is 0.804. The molecule has 6 aromatic rings. The Labute approximate surface area is 221 Å². The van der Waals surface area contributed by atoms with Crippen LogP contribution in [0.3, 0.4) is 0 Å². The van der Waals surface area contributed by atoms with Crippen molar-refractivity contribution >= 4 is 80.1 Å². The summed E-state index contributed by atoms with van der Waals surface area (Å²) in [4.78, 5) is 28.3. The van der Waals surface area contributed by atoms with Gasteiger partial charge in [0.15, 0.2) is 0 Å². The molecule has 0 unspecified atom stereocenters. The third kappa shape index (κ3) is 4.80. The zero-order valence-electron chi connectivity index (χ0n) is 19.1. The lowest BCUT2D eigenvalue weighted by atomic mass is 10.2. The Hall–Kier alpha value is -4.53. The van der Waals surface area contributed by atoms with E-state index in [-0.39, 0.29) is 5.91 Å². The molecule has 0 aliphatic carbocycles. The largest absolute Gasteiger partial charge is 0.326 e. The zero-order valence-corrected chi connectivity index (χ0v) is 20.7. The van der Waals surface area contributed by atoms with Crippen molar-refractivity contribution in [3.63, 3.8) is 0 Å². The summed E-state index contributed by atoms with van der Waals surface area (Å²) in [7, 11) is 0. The normalized spacial score (nSPS) is 11.1. The number of para-hydroxylation sites is 4. The Morgan fingerprint density at radius 2 is 1.27 bits per heavy atom. The Kier molecular flexibility index (Phi) is 5.88. The number of carbonyl (C=O) groups excluding carboxylic acids is 1. The fraction of sp³-hybridized carbons (Fsp3) is 0. The molecule has 37 heavy (non-hydrogen) atoms. The lowest BCUT2D eigenvalue weighted by Crippen LogP contribution is -2.12. The quantitative estimate of drug-likeness (QED) is 0.154. The molecule has 0 aliphatic heterocycles. The number of rotatable bonds is 6. The molecule has 1 amide bonds. The van der Waals surface area contributed by atoms with Crippen molar-refractivity contribution in [3.8, 4) is 0 Å². The van der Waals surface area contributed by atoms with Crippen LogP contribution in [0.2, 0.25) is 10.0 Å². The van der Waals surface area contributed by atoms with Gasteiger partial charge in [0.05, 0.1) is 43.4 Å². The van der Waals surface area contributed by atoms with E-state index in [1.54, 1.807) is 36.4 Å². The van der Waals surface area contributed by atoms with Crippen LogP contribution in [0.15, 0.2) is 84.9 Å². The number of amides is 1. The maximum atomic E-state index is 12.9. The number of hydrogen-bond donors (Lipinski definition) is 5. The third-order valence-electron chi connectivity index (χ3n) is 5.74. The van der Waals surface area contributed by atoms with Gasteiger partial charge in [-0.3, -0.25) is 4.79 Å². The second-order valence-corrected chi connectivity index (χ2v) is 9.11. The highest BCUT2D eigenvalue weighted by atomic mass is 35.5. The van der Waals surface area contributed by atoms with E-state index in [9.17, 15) is 4.79 Å². The summed E-state index contributed by atoms with van der Waals surface area (Å²) < 4.78 is 0. The topological polar surface area (TPSA) is 111 Å². The van der Waals surface area contributed by atoms with Crippen molar-refractivity contribution < 1.29 is 4.79 Å². The van der Waals surface area contributed by atoms with Crippen molar-refractivity contribution in [1.82, 2.24) is 19.9 Å². The smallest absolute Gasteiger partial charge is 0.257 e. The van der Waals surface area contributed by atoms with Crippen LogP contribution in [0.5, 0.6) is 0 Å². The molecule has 10 heteroatoms. The van der Waals surface area contributed by atoms with Crippen LogP contribution in [0, 0.1) is 0 Å². The van der Waals surface area contributed by atoms with Gasteiger partial charge in [0.2, 0.25) is 11.9 Å². The Bertz CT molecular complexity index is 1710. The third-order valence-corrected chi connectivity index (χ3v) is 6.36. The van der Waals surface area contributed by atoms with Crippen molar-refractivity contribution in [2.24, 2.45) is 0 Å². The number of fused-ring (bicyclic) bond motifs is 2. The fourth-order valence-electron chi connectivity index (χ4n) is 3.96. The molecule has 8 nitrogen and oxygen atoms in total. The van der Waals surface area contributed by atoms with Gasteiger partial charge in [-0.05, 0) is 60.7 Å². The molecule has 6 rings (SSSR count). The second-order valence-electron chi connectivity index (χ2n) is 8.30. The molecule has 0 saturated carbocycles. The Morgan fingerprint density at radius 1 is 0.676 bits per heavy atom. The van der Waals surface area contributed by atoms with Gasteiger partial charge in [-0.25, -0.2) is 9.97 Å². The number of carbonyl (C=O) groups is 1. The van der Waals surface area contributed by atoms with E-state index >= 15 is 0 Å². The van der Waals surface area contributed by atoms with Gasteiger partial charge >= 0.3 is 0 Å². The lowest BCUT2D eigenvalue weighted by molar-refractivity contribution is 0.102. The number of nitrogens with zero attached hydrogens (tertiary/aromatic N) is 2. The van der Waals surface area contributed by atoms with Crippen molar-refractivity contribution in [2.75, 3.05) is 16.0 Å². The van der Waals surface area contributed by atoms with Crippen LogP contribution in [-0.2, 0) is 0 Å². The molecule has 0 spiro atoms. The SMILES string of the molecule is O=C(Nc1ccc(Nc2nc3ccccc3[nH]2)c(Cl)c1)c1ccc(Nc2nc3ccccc3[nH]2)cc1Cl. The van der Waals surface area contributed by atoms with Gasteiger partial charge in [-0.15, -0.1) is 0 Å². The highest BCUT2D eigenvalue weighted by Crippen LogP contribution is 2.30. The van der Waals surface area contributed by atoms with E-state index in [1.807, 2.05) is 48.5 Å². The average molecular weight is 528 g/mol. The van der Waals surface area contributed by atoms with Gasteiger partial charge in [0, 0.05) is 11.4 Å². The maximum absolute atomic E-state index is 12.9. The van der Waals surface area contributed by atoms with Gasteiger partial charge in [0.1, 0.15) is 0 Å². The predicted octanol–water partition coefficient (Wildman–Crippen LogP) is 7.49. The number of nitrogens with one attached hydrogen (secondary N) is 5. The van der Waals surface area contributed by atoms with Crippen molar-refractivity contribution in [1.29, 1.82) is 0 Å². The Morgan fingerprint density at radius 3 is 1.89 bits per heavy atom. The standard InChI is InChI=1S/C27H19Cl2N7O/c28-18-13-16(31-26-33-21-5-1-2-6-22(21)34-26)9-11-17(18)25(37)30-15-10-12-20(19(29)14-15)32-27-35-23-7-3-4-8-24(23)36-27/h1-14H,(H,30,37)(H2,31,33,34)(H2,32,35,36). The number of hydrogen-bond acceptors (Lipinski definition) is 5. The monoisotopic (exact) mass is 527 g/mol. The highest BCUT2D eigenvalue weighted by Gasteiger charge is 2.14. The minimum Gasteiger partial charge on any atom is -0.326 e. The maximum Gasteiger partial charge on any atom is 0.257 e. The summed E-state index contributed by atoms with van der Waals surface area (Å²) in [5.41, 5.74) is 5.75. The molecule has 0 radical (unpaired) electrons. The minimum absolute atomic E-state index is 0.299. The molecule has 2 aromatic heterocycles. The van der Waals surface area contributed by atoms with Gasteiger partial charge in [-0.1, -0.05) is 47.5 Å². The first-order valence-electron chi connectivity index (χ1n) is 11.4. The van der Waals surface area contributed by atoms with E-state index in [1.165, 1.54) is 0 Å². The van der Waals surface area contributed by atoms with Gasteiger partial charge < -0.3 is 25.9 Å². The first-order valence-corrected chi connectivity index (χ1v) is 12.1. The number of aromatic amines is 2. The van der Waals surface area contributed by atoms with E-state index in [0.717, 1.165) is 22.1 Å². The molecular weight excluding hydrogens is 509 g/mol. The summed E-state index contributed by atoms with van der Waals surface area (Å²) in [6, 6.07) is 25.7. The summed E-state index contributed by atoms with van der Waals surface area (Å²) in [5, 5.41) is 9.91. The molecular formula is C27H19Cl2N7O. The van der Waals surface area contributed by atoms with E-state index in [4.69, 9.17) is 23.2 Å². The van der Waals surface area contributed by atoms with Crippen LogP contribution in [0.1, 0.15) is 10.4 Å². The van der Waals surface area contributed by atoms with Gasteiger partial charge in [-0.2, -0.15) is 0 Å². The van der Waals surface area contributed by atoms with Crippen LogP contribution in [0.4, 0.5) is 29.0 Å². The van der Waals surface area contributed by atoms with Gasteiger partial charge in [0.25, 0.3) is 5.91 Å². The number of imidazole rings is 2. The molecule has 0 bridgehead atoms. The molecule has 5 N–H and O–H groups in total. The number of aromatic nitrogens is 4. The molecule has 0 fully saturated rings. The second kappa shape index (κ2) is 9.50. The zero-order chi connectivity index (χ0) is 25.4. The van der Waals surface area contributed by atoms with Crippen LogP contribution in [-0.4, -0.2) is 25.8 Å². The molecule has 0 saturated heterocycles. The lowest BCUT2D eigenvalue weighted by Gasteiger charge is -2.11. The number of benzene rings is 4. The van der Waals surface area contributed by atoms with E-state index in [2.05, 4.69) is 35.9 Å². The first kappa shape index (κ1) is 22.9. The fourth-order valence-corrected chi connectivity index (χ4v) is 4.45. The minimum atomic E-state index is -0.352. The summed E-state index contributed by atoms with van der Waals surface area (Å²) >= 11 is 12.9. The first-order chi connectivity index (χ1) is 18.0. The molecule has 182 valence electrons. The van der Waals surface area contributed by atoms with E-state index in [0.29, 0.717) is 44.6 Å². The Balaban J connectivity index is 1.14. The van der Waals surface area contributed by atoms with Crippen molar-refractivity contribution in [3.05, 3.63) is 101 Å². The summed E-state index contributed by atoms with van der Waals surface area (Å²) in [6.07, 6.45) is 0. The molecule has 0 atom stereocenters. The molecule has 0 aliphatic rings. The van der Waals surface area contributed by atoms with Crippen molar-refractivity contribution in [2.45, 2.75) is 0 Å². The highest BCUT2D eigenvalue weighted by molar-refractivity contribution is 6.35. The van der Waals surface area contributed by atoms with Crippen LogP contribution < -0.4 is 16.0 Å². The number of anilines is 5. The average Bonchev–Trinajstić information content (AvgIpc) is 3.48. The van der Waals surface area contributed by atoms with E-state index < -0.39 is 0 Å². The molecule has 2 heterocycles. The number of H-pyrrole nitrogens is 2. The predicted molar refractivity (Wildman–Crippen MR) is 150 cm³/mol. The van der Waals surface area contributed by atoms with Crippen LogP contribution >= 0.6 is 23.2 Å². The molecule has 4 aromatic carbocycles. The number of halogens is 2.